The number of hydrogen-bond acceptors (Lipinski definition) is 4. The molecule has 1 aromatic carbocycles. The Morgan fingerprint density at radius 2 is 1.68 bits per heavy atom. The molecule has 104 valence electrons. The average molecular weight is 272 g/mol. The third-order valence-corrected chi connectivity index (χ3v) is 2.29. The van der Waals surface area contributed by atoms with E-state index >= 15 is 0 Å². The first kappa shape index (κ1) is 15.1. The van der Waals surface area contributed by atoms with Gasteiger partial charge in [-0.2, -0.15) is 8.78 Å². The van der Waals surface area contributed by atoms with Crippen molar-refractivity contribution in [1.82, 2.24) is 0 Å². The molecule has 0 aromatic heterocycles. The van der Waals surface area contributed by atoms with E-state index in [2.05, 4.69) is 4.74 Å². The lowest BCUT2D eigenvalue weighted by molar-refractivity contribution is -0.149. The van der Waals surface area contributed by atoms with E-state index < -0.39 is 24.0 Å². The molecule has 0 bridgehead atoms. The van der Waals surface area contributed by atoms with Crippen LogP contribution in [0, 0.1) is 0 Å². The SMILES string of the molecule is CC(=O)OC(C)(C)C(=O)c1ccc(OC(F)F)cc1. The summed E-state index contributed by atoms with van der Waals surface area (Å²) in [6.45, 7) is 1.20. The Balaban J connectivity index is 2.86. The van der Waals surface area contributed by atoms with Crippen LogP contribution in [0.1, 0.15) is 31.1 Å². The van der Waals surface area contributed by atoms with Crippen molar-refractivity contribution in [2.45, 2.75) is 33.0 Å². The summed E-state index contributed by atoms with van der Waals surface area (Å²) in [6.07, 6.45) is 0. The topological polar surface area (TPSA) is 52.6 Å². The van der Waals surface area contributed by atoms with E-state index in [0.29, 0.717) is 0 Å². The summed E-state index contributed by atoms with van der Waals surface area (Å²) in [5.74, 6) is -1.04. The highest BCUT2D eigenvalue weighted by atomic mass is 19.3. The van der Waals surface area contributed by atoms with E-state index in [1.54, 1.807) is 0 Å². The second kappa shape index (κ2) is 5.77. The molecular weight excluding hydrogens is 258 g/mol. The lowest BCUT2D eigenvalue weighted by Crippen LogP contribution is -2.36. The van der Waals surface area contributed by atoms with Crippen LogP contribution in [-0.4, -0.2) is 24.0 Å². The van der Waals surface area contributed by atoms with Gasteiger partial charge in [0, 0.05) is 12.5 Å². The van der Waals surface area contributed by atoms with Crippen molar-refractivity contribution < 1.29 is 27.8 Å². The lowest BCUT2D eigenvalue weighted by Gasteiger charge is -2.22. The van der Waals surface area contributed by atoms with Crippen molar-refractivity contribution in [3.63, 3.8) is 0 Å². The third kappa shape index (κ3) is 4.31. The lowest BCUT2D eigenvalue weighted by atomic mass is 9.96. The zero-order valence-corrected chi connectivity index (χ0v) is 10.8. The smallest absolute Gasteiger partial charge is 0.387 e. The number of ketones is 1. The van der Waals surface area contributed by atoms with E-state index in [-0.39, 0.29) is 11.3 Å². The van der Waals surface area contributed by atoms with Gasteiger partial charge >= 0.3 is 12.6 Å². The van der Waals surface area contributed by atoms with Crippen LogP contribution in [0.2, 0.25) is 0 Å². The Morgan fingerprint density at radius 1 is 1.16 bits per heavy atom. The monoisotopic (exact) mass is 272 g/mol. The van der Waals surface area contributed by atoms with Crippen LogP contribution in [-0.2, 0) is 9.53 Å². The van der Waals surface area contributed by atoms with Gasteiger partial charge in [0.15, 0.2) is 5.60 Å². The molecule has 0 heterocycles. The van der Waals surface area contributed by atoms with Gasteiger partial charge in [-0.25, -0.2) is 0 Å². The molecule has 0 aliphatic rings. The van der Waals surface area contributed by atoms with E-state index in [9.17, 15) is 18.4 Å². The first-order valence-corrected chi connectivity index (χ1v) is 5.51. The van der Waals surface area contributed by atoms with Gasteiger partial charge in [0.2, 0.25) is 5.78 Å². The second-order valence-electron chi connectivity index (χ2n) is 4.34. The van der Waals surface area contributed by atoms with Crippen LogP contribution in [0.25, 0.3) is 0 Å². The number of halogens is 2. The molecule has 4 nitrogen and oxygen atoms in total. The van der Waals surface area contributed by atoms with Crippen molar-refractivity contribution >= 4 is 11.8 Å². The van der Waals surface area contributed by atoms with Crippen molar-refractivity contribution in [1.29, 1.82) is 0 Å². The Labute approximate surface area is 109 Å². The molecule has 0 N–H and O–H groups in total. The number of hydrogen-bond donors (Lipinski definition) is 0. The number of benzene rings is 1. The third-order valence-electron chi connectivity index (χ3n) is 2.29. The maximum atomic E-state index is 12.1. The number of ether oxygens (including phenoxy) is 2. The highest BCUT2D eigenvalue weighted by molar-refractivity contribution is 6.02. The van der Waals surface area contributed by atoms with Crippen LogP contribution < -0.4 is 4.74 Å². The van der Waals surface area contributed by atoms with Crippen LogP contribution in [0.5, 0.6) is 5.75 Å². The van der Waals surface area contributed by atoms with Gasteiger partial charge < -0.3 is 9.47 Å². The number of esters is 1. The van der Waals surface area contributed by atoms with Gasteiger partial charge in [0.25, 0.3) is 0 Å². The summed E-state index contributed by atoms with van der Waals surface area (Å²) in [5.41, 5.74) is -1.07. The fourth-order valence-electron chi connectivity index (χ4n) is 1.54. The summed E-state index contributed by atoms with van der Waals surface area (Å²) in [7, 11) is 0. The minimum atomic E-state index is -2.92. The number of carbonyl (C=O) groups excluding carboxylic acids is 2. The van der Waals surface area contributed by atoms with Gasteiger partial charge in [-0.05, 0) is 38.1 Å². The van der Waals surface area contributed by atoms with Gasteiger partial charge in [0.1, 0.15) is 5.75 Å². The Hall–Kier alpha value is -1.98. The fraction of sp³-hybridized carbons (Fsp3) is 0.385. The summed E-state index contributed by atoms with van der Waals surface area (Å²) >= 11 is 0. The standard InChI is InChI=1S/C13H14F2O4/c1-8(16)19-13(2,3)11(17)9-4-6-10(7-5-9)18-12(14)15/h4-7,12H,1-3H3. The Bertz CT molecular complexity index is 466. The van der Waals surface area contributed by atoms with Gasteiger partial charge in [0.05, 0.1) is 0 Å². The molecule has 0 radical (unpaired) electrons. The highest BCUT2D eigenvalue weighted by Crippen LogP contribution is 2.21. The summed E-state index contributed by atoms with van der Waals surface area (Å²) in [6, 6.07) is 5.18. The molecule has 0 atom stereocenters. The van der Waals surface area contributed by atoms with Crippen LogP contribution in [0.15, 0.2) is 24.3 Å². The first-order valence-electron chi connectivity index (χ1n) is 5.51. The zero-order valence-electron chi connectivity index (χ0n) is 10.8. The van der Waals surface area contributed by atoms with Crippen LogP contribution in [0.3, 0.4) is 0 Å². The highest BCUT2D eigenvalue weighted by Gasteiger charge is 2.31. The molecule has 1 rings (SSSR count). The number of rotatable bonds is 5. The first-order chi connectivity index (χ1) is 8.72. The molecule has 0 saturated carbocycles. The van der Waals surface area contributed by atoms with Crippen LogP contribution >= 0.6 is 0 Å². The largest absolute Gasteiger partial charge is 0.451 e. The molecule has 0 spiro atoms. The maximum Gasteiger partial charge on any atom is 0.387 e. The van der Waals surface area contributed by atoms with E-state index in [1.165, 1.54) is 45.0 Å². The van der Waals surface area contributed by atoms with Crippen molar-refractivity contribution in [2.75, 3.05) is 0 Å². The molecule has 0 unspecified atom stereocenters. The molecule has 0 aliphatic heterocycles. The second-order valence-corrected chi connectivity index (χ2v) is 4.34. The van der Waals surface area contributed by atoms with Crippen molar-refractivity contribution in [3.05, 3.63) is 29.8 Å². The fourth-order valence-corrected chi connectivity index (χ4v) is 1.54. The number of carbonyl (C=O) groups is 2. The minimum Gasteiger partial charge on any atom is -0.451 e. The van der Waals surface area contributed by atoms with Crippen molar-refractivity contribution in [3.8, 4) is 5.75 Å². The van der Waals surface area contributed by atoms with E-state index in [1.807, 2.05) is 0 Å². The molecule has 19 heavy (non-hydrogen) atoms. The predicted molar refractivity (Wildman–Crippen MR) is 63.2 cm³/mol. The van der Waals surface area contributed by atoms with Crippen LogP contribution in [0.4, 0.5) is 8.78 Å². The summed E-state index contributed by atoms with van der Waals surface area (Å²) in [4.78, 5) is 23.0. The van der Waals surface area contributed by atoms with E-state index in [0.717, 1.165) is 0 Å². The maximum absolute atomic E-state index is 12.1. The Kier molecular flexibility index (Phi) is 4.58. The Morgan fingerprint density at radius 3 is 2.11 bits per heavy atom. The quantitative estimate of drug-likeness (QED) is 0.611. The molecule has 6 heteroatoms. The van der Waals surface area contributed by atoms with E-state index in [4.69, 9.17) is 4.74 Å². The molecule has 0 fully saturated rings. The normalized spacial score (nSPS) is 11.3. The molecule has 0 amide bonds. The summed E-state index contributed by atoms with van der Waals surface area (Å²) < 4.78 is 33.0. The van der Waals surface area contributed by atoms with Crippen molar-refractivity contribution in [2.24, 2.45) is 0 Å². The number of alkyl halides is 2. The molecule has 1 aromatic rings. The average Bonchev–Trinajstić information content (AvgIpc) is 2.26. The molecule has 0 saturated heterocycles. The van der Waals surface area contributed by atoms with Gasteiger partial charge in [-0.15, -0.1) is 0 Å². The zero-order chi connectivity index (χ0) is 14.6. The van der Waals surface area contributed by atoms with Gasteiger partial charge in [-0.3, -0.25) is 9.59 Å². The molecular formula is C13H14F2O4. The molecule has 0 aliphatic carbocycles. The number of Topliss-reactive ketones (excluding diaryl/α,β-unsaturated/α-hetero) is 1. The predicted octanol–water partition coefficient (Wildman–Crippen LogP) is 2.81. The summed E-state index contributed by atoms with van der Waals surface area (Å²) in [5, 5.41) is 0. The minimum absolute atomic E-state index is 0.0446. The van der Waals surface area contributed by atoms with Gasteiger partial charge in [-0.1, -0.05) is 0 Å².